The third-order valence-electron chi connectivity index (χ3n) is 10.3. The van der Waals surface area contributed by atoms with Gasteiger partial charge in [-0.1, -0.05) is 206 Å². The van der Waals surface area contributed by atoms with Gasteiger partial charge < -0.3 is 0 Å². The summed E-state index contributed by atoms with van der Waals surface area (Å²) in [5.74, 6) is 1.92. The van der Waals surface area contributed by atoms with Crippen molar-refractivity contribution in [3.05, 3.63) is 224 Å². The van der Waals surface area contributed by atoms with E-state index in [0.717, 1.165) is 38.9 Å². The topological polar surface area (TPSA) is 38.7 Å². The zero-order valence-corrected chi connectivity index (χ0v) is 31.2. The molecule has 55 heavy (non-hydrogen) atoms. The Kier molecular flexibility index (Phi) is 9.31. The van der Waals surface area contributed by atoms with Crippen LogP contribution in [0.4, 0.5) is 0 Å². The summed E-state index contributed by atoms with van der Waals surface area (Å²) < 4.78 is 0. The maximum Gasteiger partial charge on any atom is 0.179 e. The average molecular weight is 720 g/mol. The molecule has 9 aromatic rings. The Morgan fingerprint density at radius 3 is 0.873 bits per heavy atom. The molecule has 0 unspecified atom stereocenters. The molecule has 0 bridgehead atoms. The number of rotatable bonds is 9. The number of hydrogen-bond acceptors (Lipinski definition) is 3. The van der Waals surface area contributed by atoms with Gasteiger partial charge in [-0.2, -0.15) is 0 Å². The SMILES string of the molecule is c1ccc(-c2cc(-c3ccc([Si](c4ccccc4)(c4ccccc4)c4ccccc4)cc3)cc(-c3nc(-c4ccccc4)nc(-c4ccccc4)n3)c2)cc1. The summed E-state index contributed by atoms with van der Waals surface area (Å²) in [4.78, 5) is 15.1. The number of nitrogens with zero attached hydrogens (tertiary/aromatic N) is 3. The Morgan fingerprint density at radius 2 is 0.491 bits per heavy atom. The summed E-state index contributed by atoms with van der Waals surface area (Å²) in [5, 5.41) is 5.39. The monoisotopic (exact) mass is 719 g/mol. The van der Waals surface area contributed by atoms with E-state index in [1.54, 1.807) is 0 Å². The van der Waals surface area contributed by atoms with Gasteiger partial charge in [0.2, 0.25) is 0 Å². The van der Waals surface area contributed by atoms with Crippen LogP contribution in [-0.4, -0.2) is 23.0 Å². The van der Waals surface area contributed by atoms with Gasteiger partial charge in [-0.3, -0.25) is 0 Å². The highest BCUT2D eigenvalue weighted by Gasteiger charge is 2.41. The normalized spacial score (nSPS) is 11.3. The van der Waals surface area contributed by atoms with Crippen LogP contribution in [0.1, 0.15) is 0 Å². The molecule has 0 aliphatic carbocycles. The van der Waals surface area contributed by atoms with Crippen molar-refractivity contribution in [2.45, 2.75) is 0 Å². The van der Waals surface area contributed by atoms with E-state index in [0.29, 0.717) is 17.5 Å². The Bertz CT molecular complexity index is 2500. The second-order valence-corrected chi connectivity index (χ2v) is 17.4. The summed E-state index contributed by atoms with van der Waals surface area (Å²) >= 11 is 0. The highest BCUT2D eigenvalue weighted by Crippen LogP contribution is 2.33. The molecule has 0 atom stereocenters. The molecule has 0 fully saturated rings. The maximum atomic E-state index is 5.10. The highest BCUT2D eigenvalue weighted by atomic mass is 28.3. The van der Waals surface area contributed by atoms with Crippen LogP contribution < -0.4 is 20.7 Å². The second kappa shape index (κ2) is 15.2. The molecule has 0 spiro atoms. The van der Waals surface area contributed by atoms with Crippen LogP contribution in [0.5, 0.6) is 0 Å². The summed E-state index contributed by atoms with van der Waals surface area (Å²) in [7, 11) is -2.66. The van der Waals surface area contributed by atoms with E-state index >= 15 is 0 Å². The minimum absolute atomic E-state index is 0.631. The average Bonchev–Trinajstić information content (AvgIpc) is 3.28. The quantitative estimate of drug-likeness (QED) is 0.110. The van der Waals surface area contributed by atoms with Gasteiger partial charge >= 0.3 is 0 Å². The predicted molar refractivity (Wildman–Crippen MR) is 231 cm³/mol. The lowest BCUT2D eigenvalue weighted by atomic mass is 9.96. The number of aromatic nitrogens is 3. The fraction of sp³-hybridized carbons (Fsp3) is 0. The van der Waals surface area contributed by atoms with E-state index in [2.05, 4.69) is 164 Å². The minimum atomic E-state index is -2.66. The first-order valence-electron chi connectivity index (χ1n) is 18.6. The van der Waals surface area contributed by atoms with E-state index < -0.39 is 8.07 Å². The first-order chi connectivity index (χ1) is 27.3. The summed E-state index contributed by atoms with van der Waals surface area (Å²) in [5.41, 5.74) is 7.27. The number of hydrogen-bond donors (Lipinski definition) is 0. The van der Waals surface area contributed by atoms with Gasteiger partial charge in [-0.25, -0.2) is 15.0 Å². The van der Waals surface area contributed by atoms with Crippen molar-refractivity contribution in [1.82, 2.24) is 15.0 Å². The van der Waals surface area contributed by atoms with Crippen LogP contribution >= 0.6 is 0 Å². The Balaban J connectivity index is 1.22. The van der Waals surface area contributed by atoms with Crippen molar-refractivity contribution < 1.29 is 0 Å². The van der Waals surface area contributed by atoms with Crippen molar-refractivity contribution >= 4 is 28.8 Å². The van der Waals surface area contributed by atoms with Crippen LogP contribution in [0.25, 0.3) is 56.4 Å². The smallest absolute Gasteiger partial charge is 0.179 e. The molecule has 0 aliphatic rings. The third-order valence-corrected chi connectivity index (χ3v) is 15.1. The lowest BCUT2D eigenvalue weighted by Crippen LogP contribution is -2.74. The van der Waals surface area contributed by atoms with Gasteiger partial charge in [0.25, 0.3) is 0 Å². The maximum absolute atomic E-state index is 5.10. The molecule has 9 rings (SSSR count). The molecular formula is C51H37N3Si. The van der Waals surface area contributed by atoms with E-state index in [4.69, 9.17) is 15.0 Å². The predicted octanol–water partition coefficient (Wildman–Crippen LogP) is 9.58. The van der Waals surface area contributed by atoms with Crippen LogP contribution in [-0.2, 0) is 0 Å². The molecule has 1 aromatic heterocycles. The molecule has 4 heteroatoms. The first-order valence-corrected chi connectivity index (χ1v) is 20.6. The van der Waals surface area contributed by atoms with Gasteiger partial charge in [-0.15, -0.1) is 0 Å². The minimum Gasteiger partial charge on any atom is -0.208 e. The first kappa shape index (κ1) is 33.8. The van der Waals surface area contributed by atoms with Crippen LogP contribution in [0.2, 0.25) is 0 Å². The Labute approximate surface area is 323 Å². The second-order valence-electron chi connectivity index (χ2n) is 13.6. The largest absolute Gasteiger partial charge is 0.208 e. The van der Waals surface area contributed by atoms with Crippen molar-refractivity contribution in [3.8, 4) is 56.4 Å². The molecule has 0 amide bonds. The standard InChI is InChI=1S/C51H37N3Si/c1-7-19-38(20-8-1)42-35-43(37-44(36-42)51-53-49(40-21-9-2-10-22-40)52-50(54-51)41-23-11-3-12-24-41)39-31-33-48(34-32-39)55(45-25-13-4-14-26-45,46-27-15-5-16-28-46)47-29-17-6-18-30-47/h1-37H. The molecule has 1 heterocycles. The van der Waals surface area contributed by atoms with Gasteiger partial charge in [0.15, 0.2) is 25.5 Å². The highest BCUT2D eigenvalue weighted by molar-refractivity contribution is 7.19. The van der Waals surface area contributed by atoms with E-state index in [-0.39, 0.29) is 0 Å². The molecular weight excluding hydrogens is 683 g/mol. The Morgan fingerprint density at radius 1 is 0.218 bits per heavy atom. The van der Waals surface area contributed by atoms with Crippen LogP contribution in [0.15, 0.2) is 224 Å². The lowest BCUT2D eigenvalue weighted by Gasteiger charge is -2.34. The van der Waals surface area contributed by atoms with E-state index in [9.17, 15) is 0 Å². The van der Waals surface area contributed by atoms with Gasteiger partial charge in [0.1, 0.15) is 0 Å². The molecule has 0 N–H and O–H groups in total. The number of benzene rings is 8. The summed E-state index contributed by atoms with van der Waals surface area (Å²) in [6, 6.07) is 80.0. The molecule has 3 nitrogen and oxygen atoms in total. The molecule has 0 radical (unpaired) electrons. The van der Waals surface area contributed by atoms with Gasteiger partial charge in [0.05, 0.1) is 0 Å². The van der Waals surface area contributed by atoms with Crippen molar-refractivity contribution in [2.24, 2.45) is 0 Å². The zero-order valence-electron chi connectivity index (χ0n) is 30.2. The fourth-order valence-electron chi connectivity index (χ4n) is 7.64. The van der Waals surface area contributed by atoms with Crippen molar-refractivity contribution in [2.75, 3.05) is 0 Å². The third kappa shape index (κ3) is 6.72. The zero-order chi connectivity index (χ0) is 36.9. The lowest BCUT2D eigenvalue weighted by molar-refractivity contribution is 1.07. The van der Waals surface area contributed by atoms with Crippen molar-refractivity contribution in [3.63, 3.8) is 0 Å². The Hall–Kier alpha value is -7.01. The van der Waals surface area contributed by atoms with E-state index in [1.807, 2.05) is 60.7 Å². The molecule has 8 aromatic carbocycles. The van der Waals surface area contributed by atoms with Crippen LogP contribution in [0, 0.1) is 0 Å². The summed E-state index contributed by atoms with van der Waals surface area (Å²) in [6.45, 7) is 0. The molecule has 0 aliphatic heterocycles. The van der Waals surface area contributed by atoms with Crippen LogP contribution in [0.3, 0.4) is 0 Å². The fourth-order valence-corrected chi connectivity index (χ4v) is 12.4. The van der Waals surface area contributed by atoms with Gasteiger partial charge in [-0.05, 0) is 61.2 Å². The van der Waals surface area contributed by atoms with Crippen molar-refractivity contribution in [1.29, 1.82) is 0 Å². The molecule has 260 valence electrons. The van der Waals surface area contributed by atoms with E-state index in [1.165, 1.54) is 20.7 Å². The summed E-state index contributed by atoms with van der Waals surface area (Å²) in [6.07, 6.45) is 0. The molecule has 0 saturated carbocycles. The van der Waals surface area contributed by atoms with Gasteiger partial charge in [0, 0.05) is 16.7 Å². The molecule has 0 saturated heterocycles.